The van der Waals surface area contributed by atoms with Crippen molar-refractivity contribution in [3.05, 3.63) is 28.0 Å². The van der Waals surface area contributed by atoms with E-state index in [1.54, 1.807) is 6.92 Å². The van der Waals surface area contributed by atoms with Gasteiger partial charge in [0, 0.05) is 23.3 Å². The van der Waals surface area contributed by atoms with E-state index in [4.69, 9.17) is 23.2 Å². The van der Waals surface area contributed by atoms with Gasteiger partial charge in [0.2, 0.25) is 0 Å². The molecule has 1 heterocycles. The minimum Gasteiger partial charge on any atom is -0.291 e. The van der Waals surface area contributed by atoms with Crippen LogP contribution < -0.4 is 0 Å². The Bertz CT molecular complexity index is 382. The first-order valence-corrected chi connectivity index (χ1v) is 5.66. The Labute approximate surface area is 107 Å². The molecule has 0 radical (unpaired) electrons. The fraction of sp³-hybridized carbons (Fsp3) is 0.500. The van der Waals surface area contributed by atoms with E-state index in [0.29, 0.717) is 10.6 Å². The standard InChI is InChI=1S/C10H11Cl2F3N2/c1-2-17(6-10(13,14)15)5-7-4-16-9(12)3-8(7)11/h3-4H,2,5-6H2,1H3. The van der Waals surface area contributed by atoms with Crippen molar-refractivity contribution in [2.45, 2.75) is 19.6 Å². The van der Waals surface area contributed by atoms with Gasteiger partial charge in [-0.15, -0.1) is 0 Å². The molecule has 1 aromatic rings. The molecule has 0 spiro atoms. The molecular weight excluding hydrogens is 276 g/mol. The van der Waals surface area contributed by atoms with Crippen molar-refractivity contribution in [2.75, 3.05) is 13.1 Å². The van der Waals surface area contributed by atoms with Crippen molar-refractivity contribution in [1.82, 2.24) is 9.88 Å². The summed E-state index contributed by atoms with van der Waals surface area (Å²) in [5.41, 5.74) is 0.530. The molecule has 1 rings (SSSR count). The summed E-state index contributed by atoms with van der Waals surface area (Å²) in [5.74, 6) is 0. The Hall–Kier alpha value is -0.520. The van der Waals surface area contributed by atoms with Crippen LogP contribution in [0.2, 0.25) is 10.2 Å². The van der Waals surface area contributed by atoms with Crippen LogP contribution in [0.1, 0.15) is 12.5 Å². The lowest BCUT2D eigenvalue weighted by Gasteiger charge is -2.22. The fourth-order valence-corrected chi connectivity index (χ4v) is 1.75. The van der Waals surface area contributed by atoms with E-state index in [-0.39, 0.29) is 18.2 Å². The molecule has 0 aliphatic carbocycles. The summed E-state index contributed by atoms with van der Waals surface area (Å²) in [6, 6.07) is 1.42. The molecule has 0 atom stereocenters. The van der Waals surface area contributed by atoms with Crippen LogP contribution in [0.25, 0.3) is 0 Å². The molecule has 0 fully saturated rings. The Morgan fingerprint density at radius 3 is 2.47 bits per heavy atom. The van der Waals surface area contributed by atoms with Crippen LogP contribution >= 0.6 is 23.2 Å². The van der Waals surface area contributed by atoms with E-state index < -0.39 is 12.7 Å². The number of pyridine rings is 1. The van der Waals surface area contributed by atoms with Crippen LogP contribution in [0.5, 0.6) is 0 Å². The molecule has 96 valence electrons. The third kappa shape index (κ3) is 5.10. The van der Waals surface area contributed by atoms with Gasteiger partial charge >= 0.3 is 6.18 Å². The van der Waals surface area contributed by atoms with Crippen molar-refractivity contribution in [3.63, 3.8) is 0 Å². The number of nitrogens with zero attached hydrogens (tertiary/aromatic N) is 2. The van der Waals surface area contributed by atoms with Gasteiger partial charge in [-0.3, -0.25) is 4.90 Å². The summed E-state index contributed by atoms with van der Waals surface area (Å²) in [4.78, 5) is 5.03. The fourth-order valence-electron chi connectivity index (χ4n) is 1.33. The molecular formula is C10H11Cl2F3N2. The molecule has 0 amide bonds. The van der Waals surface area contributed by atoms with Gasteiger partial charge in [-0.25, -0.2) is 4.98 Å². The Morgan fingerprint density at radius 1 is 1.35 bits per heavy atom. The van der Waals surface area contributed by atoms with E-state index >= 15 is 0 Å². The van der Waals surface area contributed by atoms with Crippen LogP contribution in [0, 0.1) is 0 Å². The summed E-state index contributed by atoms with van der Waals surface area (Å²) in [6.45, 7) is 1.06. The highest BCUT2D eigenvalue weighted by Crippen LogP contribution is 2.22. The molecule has 1 aromatic heterocycles. The molecule has 0 aliphatic heterocycles. The number of halogens is 5. The molecule has 0 bridgehead atoms. The zero-order valence-corrected chi connectivity index (χ0v) is 10.6. The van der Waals surface area contributed by atoms with Gasteiger partial charge in [0.1, 0.15) is 5.15 Å². The zero-order valence-electron chi connectivity index (χ0n) is 9.06. The molecule has 0 saturated carbocycles. The van der Waals surface area contributed by atoms with Crippen molar-refractivity contribution in [3.8, 4) is 0 Å². The second-order valence-electron chi connectivity index (χ2n) is 3.52. The summed E-state index contributed by atoms with van der Waals surface area (Å²) >= 11 is 11.5. The smallest absolute Gasteiger partial charge is 0.291 e. The summed E-state index contributed by atoms with van der Waals surface area (Å²) in [6.07, 6.45) is -2.83. The van der Waals surface area contributed by atoms with Crippen LogP contribution in [-0.2, 0) is 6.54 Å². The molecule has 0 N–H and O–H groups in total. The lowest BCUT2D eigenvalue weighted by molar-refractivity contribution is -0.146. The molecule has 0 saturated heterocycles. The van der Waals surface area contributed by atoms with Crippen molar-refractivity contribution >= 4 is 23.2 Å². The number of hydrogen-bond donors (Lipinski definition) is 0. The summed E-state index contributed by atoms with van der Waals surface area (Å²) in [5, 5.41) is 0.545. The first-order chi connectivity index (χ1) is 7.81. The predicted molar refractivity (Wildman–Crippen MR) is 61.3 cm³/mol. The minimum atomic E-state index is -4.22. The Kier molecular flexibility index (Phi) is 5.04. The van der Waals surface area contributed by atoms with Gasteiger partial charge in [-0.1, -0.05) is 30.1 Å². The van der Waals surface area contributed by atoms with Gasteiger partial charge in [0.15, 0.2) is 0 Å². The quantitative estimate of drug-likeness (QED) is 0.784. The van der Waals surface area contributed by atoms with Crippen molar-refractivity contribution in [2.24, 2.45) is 0 Å². The minimum absolute atomic E-state index is 0.0962. The van der Waals surface area contributed by atoms with Crippen LogP contribution in [0.15, 0.2) is 12.3 Å². The normalized spacial score (nSPS) is 12.2. The maximum atomic E-state index is 12.2. The van der Waals surface area contributed by atoms with E-state index in [2.05, 4.69) is 4.98 Å². The van der Waals surface area contributed by atoms with E-state index in [0.717, 1.165) is 0 Å². The molecule has 7 heteroatoms. The predicted octanol–water partition coefficient (Wildman–Crippen LogP) is 3.77. The Morgan fingerprint density at radius 2 is 2.00 bits per heavy atom. The number of alkyl halides is 3. The average molecular weight is 287 g/mol. The lowest BCUT2D eigenvalue weighted by atomic mass is 10.2. The molecule has 0 aromatic carbocycles. The van der Waals surface area contributed by atoms with Gasteiger partial charge in [-0.05, 0) is 12.6 Å². The van der Waals surface area contributed by atoms with E-state index in [9.17, 15) is 13.2 Å². The first kappa shape index (κ1) is 14.5. The van der Waals surface area contributed by atoms with Gasteiger partial charge < -0.3 is 0 Å². The van der Waals surface area contributed by atoms with Crippen LogP contribution in [0.4, 0.5) is 13.2 Å². The van der Waals surface area contributed by atoms with E-state index in [1.165, 1.54) is 17.2 Å². The Balaban J connectivity index is 2.74. The highest BCUT2D eigenvalue weighted by Gasteiger charge is 2.30. The van der Waals surface area contributed by atoms with Crippen molar-refractivity contribution in [1.29, 1.82) is 0 Å². The number of hydrogen-bond acceptors (Lipinski definition) is 2. The molecule has 17 heavy (non-hydrogen) atoms. The maximum Gasteiger partial charge on any atom is 0.401 e. The third-order valence-corrected chi connectivity index (χ3v) is 2.70. The SMILES string of the molecule is CCN(Cc1cnc(Cl)cc1Cl)CC(F)(F)F. The molecule has 0 aliphatic rings. The molecule has 2 nitrogen and oxygen atoms in total. The lowest BCUT2D eigenvalue weighted by Crippen LogP contribution is -2.33. The second kappa shape index (κ2) is 5.89. The number of rotatable bonds is 4. The monoisotopic (exact) mass is 286 g/mol. The average Bonchev–Trinajstić information content (AvgIpc) is 2.19. The molecule has 0 unspecified atom stereocenters. The van der Waals surface area contributed by atoms with Crippen molar-refractivity contribution < 1.29 is 13.2 Å². The largest absolute Gasteiger partial charge is 0.401 e. The topological polar surface area (TPSA) is 16.1 Å². The zero-order chi connectivity index (χ0) is 13.1. The maximum absolute atomic E-state index is 12.2. The van der Waals surface area contributed by atoms with Gasteiger partial charge in [-0.2, -0.15) is 13.2 Å². The number of aromatic nitrogens is 1. The van der Waals surface area contributed by atoms with Crippen LogP contribution in [0.3, 0.4) is 0 Å². The summed E-state index contributed by atoms with van der Waals surface area (Å²) in [7, 11) is 0. The highest BCUT2D eigenvalue weighted by atomic mass is 35.5. The first-order valence-electron chi connectivity index (χ1n) is 4.91. The van der Waals surface area contributed by atoms with Crippen LogP contribution in [-0.4, -0.2) is 29.1 Å². The second-order valence-corrected chi connectivity index (χ2v) is 4.31. The summed E-state index contributed by atoms with van der Waals surface area (Å²) < 4.78 is 36.7. The third-order valence-electron chi connectivity index (χ3n) is 2.14. The van der Waals surface area contributed by atoms with E-state index in [1.807, 2.05) is 0 Å². The highest BCUT2D eigenvalue weighted by molar-refractivity contribution is 6.34. The van der Waals surface area contributed by atoms with Gasteiger partial charge in [0.05, 0.1) is 6.54 Å². The van der Waals surface area contributed by atoms with Gasteiger partial charge in [0.25, 0.3) is 0 Å².